The number of aromatic nitrogens is 5. The van der Waals surface area contributed by atoms with Gasteiger partial charge in [-0.3, -0.25) is 19.4 Å². The number of aryl methyl sites for hydroxylation is 3. The number of alkyl halides is 2. The summed E-state index contributed by atoms with van der Waals surface area (Å²) in [5.74, 6) is -1.69. The first-order valence-corrected chi connectivity index (χ1v) is 12.2. The molecular formula is C23H28Cl2FN7O2. The molecule has 0 unspecified atom stereocenters. The molecule has 3 N–H and O–H groups in total. The fourth-order valence-electron chi connectivity index (χ4n) is 3.74. The second-order valence-corrected chi connectivity index (χ2v) is 9.40. The van der Waals surface area contributed by atoms with Gasteiger partial charge in [-0.05, 0) is 57.7 Å². The molecule has 3 aromatic heterocycles. The summed E-state index contributed by atoms with van der Waals surface area (Å²) in [6, 6.07) is 3.71. The molecular weight excluding hydrogens is 496 g/mol. The van der Waals surface area contributed by atoms with Gasteiger partial charge in [-0.2, -0.15) is 14.6 Å². The quantitative estimate of drug-likeness (QED) is 0.251. The first-order valence-electron chi connectivity index (χ1n) is 11.3. The highest BCUT2D eigenvalue weighted by Crippen LogP contribution is 2.28. The van der Waals surface area contributed by atoms with Crippen LogP contribution in [0.15, 0.2) is 24.4 Å². The number of nitrogens with zero attached hydrogens (tertiary/aromatic N) is 4. The normalized spacial score (nSPS) is 12.1. The molecule has 35 heavy (non-hydrogen) atoms. The minimum atomic E-state index is -0.914. The lowest BCUT2D eigenvalue weighted by Gasteiger charge is -2.19. The molecule has 12 heteroatoms. The van der Waals surface area contributed by atoms with Crippen molar-refractivity contribution in [1.29, 1.82) is 0 Å². The van der Waals surface area contributed by atoms with Crippen LogP contribution < -0.4 is 10.6 Å². The minimum absolute atomic E-state index is 0.0258. The Morgan fingerprint density at radius 3 is 2.60 bits per heavy atom. The van der Waals surface area contributed by atoms with Crippen molar-refractivity contribution in [2.75, 3.05) is 5.32 Å². The van der Waals surface area contributed by atoms with Gasteiger partial charge in [0, 0.05) is 29.6 Å². The molecule has 9 nitrogen and oxygen atoms in total. The zero-order valence-electron chi connectivity index (χ0n) is 19.7. The molecule has 0 aliphatic rings. The van der Waals surface area contributed by atoms with Crippen molar-refractivity contribution in [1.82, 2.24) is 30.3 Å². The Kier molecular flexibility index (Phi) is 9.22. The zero-order valence-corrected chi connectivity index (χ0v) is 21.3. The second-order valence-electron chi connectivity index (χ2n) is 8.12. The lowest BCUT2D eigenvalue weighted by molar-refractivity contribution is -0.118. The van der Waals surface area contributed by atoms with Crippen molar-refractivity contribution in [3.8, 4) is 11.1 Å². The Balaban J connectivity index is 1.76. The molecule has 0 aromatic carbocycles. The van der Waals surface area contributed by atoms with Crippen molar-refractivity contribution < 1.29 is 14.0 Å². The Bertz CT molecular complexity index is 1160. The molecule has 1 atom stereocenters. The van der Waals surface area contributed by atoms with E-state index in [4.69, 9.17) is 23.2 Å². The van der Waals surface area contributed by atoms with Gasteiger partial charge in [0.2, 0.25) is 11.9 Å². The van der Waals surface area contributed by atoms with E-state index in [0.29, 0.717) is 42.0 Å². The third-order valence-electron chi connectivity index (χ3n) is 5.42. The summed E-state index contributed by atoms with van der Waals surface area (Å²) in [6.45, 7) is 6.09. The molecule has 0 aliphatic carbocycles. The van der Waals surface area contributed by atoms with Crippen LogP contribution in [-0.4, -0.2) is 47.7 Å². The molecule has 3 heterocycles. The Morgan fingerprint density at radius 2 is 1.97 bits per heavy atom. The van der Waals surface area contributed by atoms with E-state index in [0.717, 1.165) is 6.42 Å². The fraction of sp³-hybridized carbons (Fsp3) is 0.435. The van der Waals surface area contributed by atoms with Crippen molar-refractivity contribution in [2.45, 2.75) is 63.9 Å². The number of nitrogens with one attached hydrogen (secondary N) is 3. The molecule has 0 spiro atoms. The van der Waals surface area contributed by atoms with E-state index < -0.39 is 28.6 Å². The van der Waals surface area contributed by atoms with E-state index >= 15 is 0 Å². The van der Waals surface area contributed by atoms with Gasteiger partial charge in [-0.15, -0.1) is 23.2 Å². The summed E-state index contributed by atoms with van der Waals surface area (Å²) >= 11 is 11.6. The Hall–Kier alpha value is -2.98. The van der Waals surface area contributed by atoms with Gasteiger partial charge in [0.25, 0.3) is 5.91 Å². The van der Waals surface area contributed by atoms with Crippen LogP contribution in [0.1, 0.15) is 54.5 Å². The number of rotatable bonds is 11. The summed E-state index contributed by atoms with van der Waals surface area (Å²) in [5, 5.41) is 16.4. The average Bonchev–Trinajstić information content (AvgIpc) is 3.39. The van der Waals surface area contributed by atoms with Crippen molar-refractivity contribution in [3.05, 3.63) is 47.4 Å². The van der Waals surface area contributed by atoms with Gasteiger partial charge in [0.05, 0.1) is 5.69 Å². The number of carbonyl (C=O) groups excluding carboxylic acids is 2. The molecule has 0 fully saturated rings. The lowest BCUT2D eigenvalue weighted by Crippen LogP contribution is -2.44. The van der Waals surface area contributed by atoms with E-state index in [1.165, 1.54) is 18.3 Å². The van der Waals surface area contributed by atoms with E-state index in [9.17, 15) is 14.0 Å². The van der Waals surface area contributed by atoms with Gasteiger partial charge < -0.3 is 10.6 Å². The first-order chi connectivity index (χ1) is 16.7. The first kappa shape index (κ1) is 26.6. The molecule has 0 bridgehead atoms. The van der Waals surface area contributed by atoms with Gasteiger partial charge in [0.15, 0.2) is 0 Å². The lowest BCUT2D eigenvalue weighted by atomic mass is 10.1. The van der Waals surface area contributed by atoms with Crippen molar-refractivity contribution >= 4 is 40.8 Å². The van der Waals surface area contributed by atoms with E-state index in [2.05, 4.69) is 30.9 Å². The molecule has 3 aromatic rings. The van der Waals surface area contributed by atoms with Crippen LogP contribution in [-0.2, 0) is 11.3 Å². The minimum Gasteiger partial charge on any atom is -0.339 e. The predicted molar refractivity (Wildman–Crippen MR) is 133 cm³/mol. The molecule has 188 valence electrons. The number of hydrogen-bond acceptors (Lipinski definition) is 5. The molecule has 3 rings (SSSR count). The van der Waals surface area contributed by atoms with Crippen molar-refractivity contribution in [3.63, 3.8) is 0 Å². The van der Waals surface area contributed by atoms with Crippen LogP contribution >= 0.6 is 23.2 Å². The standard InChI is InChI=1S/C23H28Cl2FN7O2/c1-4-12-33-17(10-11-27-33)23(35)28-16(6-5-7-18(24)25)22(34)30-19-9-8-15(21(26)29-19)20-13(2)31-32-14(20)3/h8-11,16,18H,4-7,12H2,1-3H3,(H,28,35)(H,31,32)(H,29,30,34)/t16-/m0/s1. The summed E-state index contributed by atoms with van der Waals surface area (Å²) < 4.78 is 16.4. The number of anilines is 1. The number of aromatic amines is 1. The SMILES string of the molecule is CCCn1nccc1C(=O)N[C@@H](CCCC(Cl)Cl)C(=O)Nc1ccc(-c2c(C)n[nH]c2C)c(F)n1. The van der Waals surface area contributed by atoms with Crippen LogP contribution in [0.25, 0.3) is 11.1 Å². The highest BCUT2D eigenvalue weighted by Gasteiger charge is 2.24. The van der Waals surface area contributed by atoms with E-state index in [-0.39, 0.29) is 17.8 Å². The van der Waals surface area contributed by atoms with E-state index in [1.807, 2.05) is 6.92 Å². The zero-order chi connectivity index (χ0) is 25.5. The van der Waals surface area contributed by atoms with Gasteiger partial charge in [-0.1, -0.05) is 6.92 Å². The summed E-state index contributed by atoms with van der Waals surface area (Å²) in [7, 11) is 0. The summed E-state index contributed by atoms with van der Waals surface area (Å²) in [5.41, 5.74) is 2.59. The molecule has 2 amide bonds. The average molecular weight is 524 g/mol. The van der Waals surface area contributed by atoms with Gasteiger partial charge in [0.1, 0.15) is 22.4 Å². The fourth-order valence-corrected chi connectivity index (χ4v) is 4.05. The summed E-state index contributed by atoms with van der Waals surface area (Å²) in [6.07, 6.45) is 3.54. The topological polar surface area (TPSA) is 118 Å². The maximum atomic E-state index is 14.8. The highest BCUT2D eigenvalue weighted by molar-refractivity contribution is 6.44. The number of amides is 2. The third kappa shape index (κ3) is 6.79. The largest absolute Gasteiger partial charge is 0.339 e. The second kappa shape index (κ2) is 12.1. The van der Waals surface area contributed by atoms with Gasteiger partial charge in [-0.25, -0.2) is 4.98 Å². The van der Waals surface area contributed by atoms with Crippen LogP contribution in [0.5, 0.6) is 0 Å². The monoisotopic (exact) mass is 523 g/mol. The molecule has 0 aliphatic heterocycles. The highest BCUT2D eigenvalue weighted by atomic mass is 35.5. The van der Waals surface area contributed by atoms with Gasteiger partial charge >= 0.3 is 0 Å². The maximum absolute atomic E-state index is 14.8. The van der Waals surface area contributed by atoms with Crippen LogP contribution in [0.2, 0.25) is 0 Å². The number of halogens is 3. The third-order valence-corrected chi connectivity index (χ3v) is 5.86. The Labute approximate surface area is 212 Å². The molecule has 0 radical (unpaired) electrons. The maximum Gasteiger partial charge on any atom is 0.270 e. The number of pyridine rings is 1. The Morgan fingerprint density at radius 1 is 1.20 bits per heavy atom. The number of hydrogen-bond donors (Lipinski definition) is 3. The summed E-state index contributed by atoms with van der Waals surface area (Å²) in [4.78, 5) is 29.2. The predicted octanol–water partition coefficient (Wildman–Crippen LogP) is 4.55. The van der Waals surface area contributed by atoms with Crippen LogP contribution in [0, 0.1) is 19.8 Å². The molecule has 0 saturated heterocycles. The number of carbonyl (C=O) groups is 2. The van der Waals surface area contributed by atoms with Crippen LogP contribution in [0.4, 0.5) is 10.2 Å². The van der Waals surface area contributed by atoms with Crippen LogP contribution in [0.3, 0.4) is 0 Å². The smallest absolute Gasteiger partial charge is 0.270 e. The molecule has 0 saturated carbocycles. The van der Waals surface area contributed by atoms with E-state index in [1.54, 1.807) is 24.6 Å². The number of H-pyrrole nitrogens is 1. The van der Waals surface area contributed by atoms with Crippen molar-refractivity contribution in [2.24, 2.45) is 0 Å².